The summed E-state index contributed by atoms with van der Waals surface area (Å²) in [4.78, 5) is 20.1. The number of aryl methyl sites for hydroxylation is 1. The van der Waals surface area contributed by atoms with Crippen molar-refractivity contribution in [3.05, 3.63) is 53.8 Å². The molecular formula is C23H26N4O6. The van der Waals surface area contributed by atoms with Gasteiger partial charge in [0.05, 0.1) is 13.5 Å². The normalized spacial score (nSPS) is 13.0. The molecule has 3 aromatic rings. The van der Waals surface area contributed by atoms with Crippen molar-refractivity contribution in [2.24, 2.45) is 0 Å². The van der Waals surface area contributed by atoms with Gasteiger partial charge in [0, 0.05) is 37.6 Å². The topological polar surface area (TPSA) is 129 Å². The molecule has 0 amide bonds. The molecule has 174 valence electrons. The molecule has 2 N–H and O–H groups in total. The summed E-state index contributed by atoms with van der Waals surface area (Å²) in [6, 6.07) is 9.10. The van der Waals surface area contributed by atoms with Gasteiger partial charge in [-0.25, -0.2) is 4.98 Å². The minimum atomic E-state index is -0.893. The zero-order valence-corrected chi connectivity index (χ0v) is 18.3. The minimum absolute atomic E-state index is 0.0542. The van der Waals surface area contributed by atoms with Crippen molar-refractivity contribution in [2.45, 2.75) is 38.0 Å². The second-order valence-electron chi connectivity index (χ2n) is 7.68. The smallest absolute Gasteiger partial charge is 0.303 e. The first kappa shape index (κ1) is 22.4. The fraction of sp³-hybridized carbons (Fsp3) is 0.391. The maximum atomic E-state index is 11.4. The Bertz CT molecular complexity index is 1090. The summed E-state index contributed by atoms with van der Waals surface area (Å²) in [7, 11) is 1.62. The van der Waals surface area contributed by atoms with Crippen LogP contribution in [0.3, 0.4) is 0 Å². The van der Waals surface area contributed by atoms with Crippen LogP contribution in [0, 0.1) is 0 Å². The molecule has 10 nitrogen and oxygen atoms in total. The number of carboxylic acids is 1. The number of carboxylic acid groups (broad SMARTS) is 1. The zero-order chi connectivity index (χ0) is 23.0. The third kappa shape index (κ3) is 6.12. The highest BCUT2D eigenvalue weighted by Crippen LogP contribution is 2.36. The quantitative estimate of drug-likeness (QED) is 0.393. The molecule has 3 heterocycles. The van der Waals surface area contributed by atoms with E-state index in [4.69, 9.17) is 18.7 Å². The van der Waals surface area contributed by atoms with Gasteiger partial charge in [0.15, 0.2) is 17.3 Å². The average molecular weight is 454 g/mol. The highest BCUT2D eigenvalue weighted by Gasteiger charge is 2.23. The highest BCUT2D eigenvalue weighted by atomic mass is 16.7. The number of pyridine rings is 1. The van der Waals surface area contributed by atoms with E-state index in [1.807, 2.05) is 18.2 Å². The molecular weight excluding hydrogens is 428 g/mol. The van der Waals surface area contributed by atoms with Gasteiger partial charge < -0.3 is 29.2 Å². The Kier molecular flexibility index (Phi) is 7.23. The van der Waals surface area contributed by atoms with Crippen LogP contribution in [0.15, 0.2) is 41.1 Å². The Morgan fingerprint density at radius 3 is 2.94 bits per heavy atom. The van der Waals surface area contributed by atoms with Crippen molar-refractivity contribution in [3.8, 4) is 17.2 Å². The van der Waals surface area contributed by atoms with Crippen LogP contribution in [-0.2, 0) is 17.6 Å². The van der Waals surface area contributed by atoms with Crippen molar-refractivity contribution in [2.75, 3.05) is 25.8 Å². The highest BCUT2D eigenvalue weighted by molar-refractivity contribution is 5.68. The van der Waals surface area contributed by atoms with Crippen LogP contribution in [-0.4, -0.2) is 46.6 Å². The van der Waals surface area contributed by atoms with Gasteiger partial charge in [-0.3, -0.25) is 4.79 Å². The molecule has 0 unspecified atom stereocenters. The first-order chi connectivity index (χ1) is 16.1. The largest absolute Gasteiger partial charge is 0.497 e. The van der Waals surface area contributed by atoms with E-state index in [1.165, 1.54) is 0 Å². The molecule has 0 radical (unpaired) electrons. The lowest BCUT2D eigenvalue weighted by molar-refractivity contribution is -0.137. The van der Waals surface area contributed by atoms with Crippen LogP contribution in [0.2, 0.25) is 0 Å². The molecule has 1 atom stereocenters. The lowest BCUT2D eigenvalue weighted by Crippen LogP contribution is -2.10. The number of nitrogens with zero attached hydrogens (tertiary/aromatic N) is 3. The molecule has 1 aliphatic heterocycles. The van der Waals surface area contributed by atoms with Crippen LogP contribution in [0.5, 0.6) is 17.2 Å². The number of hydrogen-bond donors (Lipinski definition) is 2. The number of aliphatic carboxylic acids is 1. The SMILES string of the molecule is COc1ccnc(NCCCCc2noc(C[C@@H](CC(=O)O)c3ccc4c(c3)OCO4)n2)c1. The van der Waals surface area contributed by atoms with Crippen molar-refractivity contribution in [3.63, 3.8) is 0 Å². The Morgan fingerprint density at radius 2 is 2.09 bits per heavy atom. The minimum Gasteiger partial charge on any atom is -0.497 e. The lowest BCUT2D eigenvalue weighted by Gasteiger charge is -2.13. The molecule has 1 aliphatic rings. The van der Waals surface area contributed by atoms with E-state index in [1.54, 1.807) is 25.4 Å². The fourth-order valence-electron chi connectivity index (χ4n) is 3.63. The molecule has 0 fully saturated rings. The number of unbranched alkanes of at least 4 members (excludes halogenated alkanes) is 1. The Labute approximate surface area is 190 Å². The molecule has 0 spiro atoms. The molecule has 2 aromatic heterocycles. The van der Waals surface area contributed by atoms with Crippen molar-refractivity contribution in [1.29, 1.82) is 0 Å². The second-order valence-corrected chi connectivity index (χ2v) is 7.68. The number of anilines is 1. The van der Waals surface area contributed by atoms with Gasteiger partial charge >= 0.3 is 5.97 Å². The molecule has 0 saturated heterocycles. The van der Waals surface area contributed by atoms with E-state index in [2.05, 4.69) is 20.4 Å². The van der Waals surface area contributed by atoms with Gasteiger partial charge in [-0.15, -0.1) is 0 Å². The molecule has 4 rings (SSSR count). The summed E-state index contributed by atoms with van der Waals surface area (Å²) in [6.07, 6.45) is 4.43. The standard InChI is InChI=1S/C23H26N4O6/c1-30-17-7-9-25-21(13-17)24-8-3-2-4-20-26-22(33-27-20)11-16(12-23(28)29)15-5-6-18-19(10-15)32-14-31-18/h5-7,9-10,13,16H,2-4,8,11-12,14H2,1H3,(H,24,25)(H,28,29)/t16-/m0/s1. The number of benzene rings is 1. The predicted molar refractivity (Wildman–Crippen MR) is 118 cm³/mol. The summed E-state index contributed by atoms with van der Waals surface area (Å²) in [5.41, 5.74) is 0.832. The van der Waals surface area contributed by atoms with E-state index >= 15 is 0 Å². The van der Waals surface area contributed by atoms with E-state index in [9.17, 15) is 9.90 Å². The number of nitrogens with one attached hydrogen (secondary N) is 1. The second kappa shape index (κ2) is 10.7. The van der Waals surface area contributed by atoms with Crippen LogP contribution >= 0.6 is 0 Å². The molecule has 0 bridgehead atoms. The number of fused-ring (bicyclic) bond motifs is 1. The van der Waals surface area contributed by atoms with Crippen LogP contribution in [0.1, 0.15) is 42.5 Å². The Hall–Kier alpha value is -3.82. The molecule has 33 heavy (non-hydrogen) atoms. The third-order valence-electron chi connectivity index (χ3n) is 5.32. The van der Waals surface area contributed by atoms with Crippen LogP contribution < -0.4 is 19.5 Å². The Balaban J connectivity index is 1.28. The maximum Gasteiger partial charge on any atom is 0.303 e. The number of hydrogen-bond acceptors (Lipinski definition) is 9. The average Bonchev–Trinajstić information content (AvgIpc) is 3.47. The number of ether oxygens (including phenoxy) is 3. The van der Waals surface area contributed by atoms with Gasteiger partial charge in [-0.05, 0) is 36.6 Å². The number of carbonyl (C=O) groups is 1. The summed E-state index contributed by atoms with van der Waals surface area (Å²) >= 11 is 0. The maximum absolute atomic E-state index is 11.4. The van der Waals surface area contributed by atoms with Gasteiger partial charge in [-0.1, -0.05) is 11.2 Å². The van der Waals surface area contributed by atoms with Crippen molar-refractivity contribution in [1.82, 2.24) is 15.1 Å². The molecule has 10 heteroatoms. The molecule has 0 aliphatic carbocycles. The summed E-state index contributed by atoms with van der Waals surface area (Å²) < 4.78 is 21.3. The van der Waals surface area contributed by atoms with E-state index < -0.39 is 5.97 Å². The van der Waals surface area contributed by atoms with Crippen LogP contribution in [0.25, 0.3) is 0 Å². The van der Waals surface area contributed by atoms with Gasteiger partial charge in [0.1, 0.15) is 11.6 Å². The van der Waals surface area contributed by atoms with Gasteiger partial charge in [0.25, 0.3) is 0 Å². The monoisotopic (exact) mass is 454 g/mol. The first-order valence-electron chi connectivity index (χ1n) is 10.8. The summed E-state index contributed by atoms with van der Waals surface area (Å²) in [5, 5.41) is 16.7. The van der Waals surface area contributed by atoms with E-state index in [0.29, 0.717) is 36.1 Å². The first-order valence-corrected chi connectivity index (χ1v) is 10.8. The van der Waals surface area contributed by atoms with Crippen molar-refractivity contribution >= 4 is 11.8 Å². The van der Waals surface area contributed by atoms with E-state index in [0.717, 1.165) is 36.5 Å². The molecule has 1 aromatic carbocycles. The number of aromatic nitrogens is 3. The summed E-state index contributed by atoms with van der Waals surface area (Å²) in [6.45, 7) is 0.927. The third-order valence-corrected chi connectivity index (χ3v) is 5.32. The van der Waals surface area contributed by atoms with Crippen LogP contribution in [0.4, 0.5) is 5.82 Å². The van der Waals surface area contributed by atoms with Gasteiger partial charge in [0.2, 0.25) is 12.7 Å². The zero-order valence-electron chi connectivity index (χ0n) is 18.3. The van der Waals surface area contributed by atoms with Crippen molar-refractivity contribution < 1.29 is 28.6 Å². The van der Waals surface area contributed by atoms with E-state index in [-0.39, 0.29) is 19.1 Å². The van der Waals surface area contributed by atoms with Gasteiger partial charge in [-0.2, -0.15) is 4.98 Å². The predicted octanol–water partition coefficient (Wildman–Crippen LogP) is 3.44. The number of rotatable bonds is 12. The Morgan fingerprint density at radius 1 is 1.21 bits per heavy atom. The summed E-state index contributed by atoms with van der Waals surface area (Å²) in [5.74, 6) is 2.63. The fourth-order valence-corrected chi connectivity index (χ4v) is 3.63. The number of methoxy groups -OCH3 is 1. The lowest BCUT2D eigenvalue weighted by atomic mass is 9.92. The molecule has 0 saturated carbocycles.